The summed E-state index contributed by atoms with van der Waals surface area (Å²) < 4.78 is 12.2. The Hall–Kier alpha value is 0.110. The lowest BCUT2D eigenvalue weighted by Gasteiger charge is -2.31. The van der Waals surface area contributed by atoms with Gasteiger partial charge in [0.15, 0.2) is 0 Å². The highest BCUT2D eigenvalue weighted by atomic mass is 32.2. The van der Waals surface area contributed by atoms with Crippen molar-refractivity contribution in [3.63, 3.8) is 0 Å². The quantitative estimate of drug-likeness (QED) is 0.779. The van der Waals surface area contributed by atoms with Crippen LogP contribution in [-0.4, -0.2) is 27.8 Å². The molecule has 1 fully saturated rings. The molecule has 3 atom stereocenters. The lowest BCUT2D eigenvalue weighted by molar-refractivity contribution is 0.286. The number of hydrogen-bond acceptors (Lipinski definition) is 2. The first kappa shape index (κ1) is 14.2. The highest BCUT2D eigenvalue weighted by Crippen LogP contribution is 2.40. The summed E-state index contributed by atoms with van der Waals surface area (Å²) in [5, 5.41) is 3.99. The van der Waals surface area contributed by atoms with Gasteiger partial charge in [-0.2, -0.15) is 0 Å². The second-order valence-electron chi connectivity index (χ2n) is 5.58. The predicted octanol–water partition coefficient (Wildman–Crippen LogP) is 2.70. The number of nitrogens with one attached hydrogen (secondary N) is 1. The van der Waals surface area contributed by atoms with Crippen LogP contribution in [0.25, 0.3) is 0 Å². The summed E-state index contributed by atoms with van der Waals surface area (Å²) in [6.45, 7) is 9.97. The molecular weight excluding hydrogens is 218 g/mol. The molecule has 0 saturated heterocycles. The first-order valence-corrected chi connectivity index (χ1v) is 8.01. The molecule has 0 radical (unpaired) electrons. The third-order valence-electron chi connectivity index (χ3n) is 3.64. The SMILES string of the molecule is CCCNC1C(S(=O)CCC)CCC1(C)C. The van der Waals surface area contributed by atoms with E-state index < -0.39 is 10.8 Å². The molecule has 0 bridgehead atoms. The van der Waals surface area contributed by atoms with E-state index in [1.165, 1.54) is 6.42 Å². The second-order valence-corrected chi connectivity index (χ2v) is 7.36. The van der Waals surface area contributed by atoms with E-state index in [1.54, 1.807) is 0 Å². The fraction of sp³-hybridized carbons (Fsp3) is 1.00. The average Bonchev–Trinajstić information content (AvgIpc) is 2.51. The second kappa shape index (κ2) is 6.15. The van der Waals surface area contributed by atoms with Crippen molar-refractivity contribution in [2.75, 3.05) is 12.3 Å². The number of hydrogen-bond donors (Lipinski definition) is 1. The molecule has 16 heavy (non-hydrogen) atoms. The van der Waals surface area contributed by atoms with E-state index in [2.05, 4.69) is 33.0 Å². The van der Waals surface area contributed by atoms with Crippen LogP contribution < -0.4 is 5.32 Å². The van der Waals surface area contributed by atoms with Crippen molar-refractivity contribution in [2.45, 2.75) is 64.7 Å². The summed E-state index contributed by atoms with van der Waals surface area (Å²) in [7, 11) is -0.638. The predicted molar refractivity (Wildman–Crippen MR) is 72.2 cm³/mol. The van der Waals surface area contributed by atoms with Crippen LogP contribution in [0.5, 0.6) is 0 Å². The van der Waals surface area contributed by atoms with Gasteiger partial charge >= 0.3 is 0 Å². The first-order chi connectivity index (χ1) is 7.53. The highest BCUT2D eigenvalue weighted by Gasteiger charge is 2.43. The molecule has 1 N–H and O–H groups in total. The standard InChI is InChI=1S/C13H27NOS/c1-5-9-14-12-11(16(15)10-6-2)7-8-13(12,3)4/h11-12,14H,5-10H2,1-4H3. The van der Waals surface area contributed by atoms with Crippen molar-refractivity contribution in [3.8, 4) is 0 Å². The third kappa shape index (κ3) is 3.30. The van der Waals surface area contributed by atoms with Gasteiger partial charge in [-0.1, -0.05) is 27.7 Å². The molecular formula is C13H27NOS. The fourth-order valence-corrected chi connectivity index (χ4v) is 4.54. The molecule has 3 unspecified atom stereocenters. The Morgan fingerprint density at radius 1 is 1.31 bits per heavy atom. The van der Waals surface area contributed by atoms with Crippen LogP contribution in [0.3, 0.4) is 0 Å². The zero-order chi connectivity index (χ0) is 12.2. The maximum absolute atomic E-state index is 12.2. The molecule has 0 amide bonds. The first-order valence-electron chi connectivity index (χ1n) is 6.63. The Kier molecular flexibility index (Phi) is 5.45. The molecule has 1 aliphatic carbocycles. The summed E-state index contributed by atoms with van der Waals surface area (Å²) in [5.41, 5.74) is 0.309. The van der Waals surface area contributed by atoms with E-state index in [9.17, 15) is 4.21 Å². The summed E-state index contributed by atoms with van der Waals surface area (Å²) in [6.07, 6.45) is 4.51. The maximum Gasteiger partial charge on any atom is 0.0506 e. The van der Waals surface area contributed by atoms with Gasteiger partial charge in [-0.3, -0.25) is 4.21 Å². The Labute approximate surface area is 103 Å². The van der Waals surface area contributed by atoms with Gasteiger partial charge in [0.1, 0.15) is 0 Å². The minimum atomic E-state index is -0.638. The molecule has 96 valence electrons. The van der Waals surface area contributed by atoms with Gasteiger partial charge in [-0.25, -0.2) is 0 Å². The van der Waals surface area contributed by atoms with Gasteiger partial charge in [-0.05, 0) is 37.6 Å². The van der Waals surface area contributed by atoms with Crippen LogP contribution in [0.2, 0.25) is 0 Å². The van der Waals surface area contributed by atoms with Crippen molar-refractivity contribution < 1.29 is 4.21 Å². The lowest BCUT2D eigenvalue weighted by atomic mass is 9.87. The Morgan fingerprint density at radius 2 is 2.00 bits per heavy atom. The average molecular weight is 245 g/mol. The van der Waals surface area contributed by atoms with Gasteiger partial charge in [0, 0.05) is 22.6 Å². The van der Waals surface area contributed by atoms with Crippen LogP contribution in [0.4, 0.5) is 0 Å². The Morgan fingerprint density at radius 3 is 2.56 bits per heavy atom. The summed E-state index contributed by atoms with van der Waals surface area (Å²) in [6, 6.07) is 0.444. The van der Waals surface area contributed by atoms with E-state index in [4.69, 9.17) is 0 Å². The van der Waals surface area contributed by atoms with Crippen LogP contribution in [-0.2, 0) is 10.8 Å². The van der Waals surface area contributed by atoms with Crippen LogP contribution in [0, 0.1) is 5.41 Å². The molecule has 1 rings (SSSR count). The van der Waals surface area contributed by atoms with Crippen LogP contribution in [0.1, 0.15) is 53.4 Å². The molecule has 0 heterocycles. The fourth-order valence-electron chi connectivity index (χ4n) is 2.68. The van der Waals surface area contributed by atoms with Gasteiger partial charge in [0.2, 0.25) is 0 Å². The molecule has 0 spiro atoms. The molecule has 3 heteroatoms. The van der Waals surface area contributed by atoms with Crippen molar-refractivity contribution in [3.05, 3.63) is 0 Å². The molecule has 0 aromatic heterocycles. The zero-order valence-electron chi connectivity index (χ0n) is 11.2. The summed E-state index contributed by atoms with van der Waals surface area (Å²) >= 11 is 0. The van der Waals surface area contributed by atoms with Gasteiger partial charge in [0.25, 0.3) is 0 Å². The van der Waals surface area contributed by atoms with E-state index >= 15 is 0 Å². The Balaban J connectivity index is 2.65. The van der Waals surface area contributed by atoms with Crippen molar-refractivity contribution in [1.29, 1.82) is 0 Å². The molecule has 1 saturated carbocycles. The van der Waals surface area contributed by atoms with Gasteiger partial charge in [0.05, 0.1) is 5.25 Å². The zero-order valence-corrected chi connectivity index (χ0v) is 12.0. The topological polar surface area (TPSA) is 29.1 Å². The molecule has 0 aliphatic heterocycles. The van der Waals surface area contributed by atoms with Crippen molar-refractivity contribution >= 4 is 10.8 Å². The largest absolute Gasteiger partial charge is 0.312 e. The lowest BCUT2D eigenvalue weighted by Crippen LogP contribution is -2.46. The molecule has 1 aliphatic rings. The van der Waals surface area contributed by atoms with E-state index in [0.717, 1.165) is 31.6 Å². The van der Waals surface area contributed by atoms with Crippen molar-refractivity contribution in [1.82, 2.24) is 5.32 Å². The van der Waals surface area contributed by atoms with Gasteiger partial charge in [-0.15, -0.1) is 0 Å². The normalized spacial score (nSPS) is 30.5. The van der Waals surface area contributed by atoms with E-state index in [-0.39, 0.29) is 0 Å². The molecule has 0 aromatic rings. The molecule has 2 nitrogen and oxygen atoms in total. The monoisotopic (exact) mass is 245 g/mol. The van der Waals surface area contributed by atoms with Gasteiger partial charge < -0.3 is 5.32 Å². The summed E-state index contributed by atoms with van der Waals surface area (Å²) in [5.74, 6) is 0.866. The maximum atomic E-state index is 12.2. The van der Waals surface area contributed by atoms with E-state index in [1.807, 2.05) is 0 Å². The smallest absolute Gasteiger partial charge is 0.0506 e. The van der Waals surface area contributed by atoms with E-state index in [0.29, 0.717) is 16.7 Å². The minimum absolute atomic E-state index is 0.309. The van der Waals surface area contributed by atoms with Crippen LogP contribution in [0.15, 0.2) is 0 Å². The van der Waals surface area contributed by atoms with Crippen LogP contribution >= 0.6 is 0 Å². The highest BCUT2D eigenvalue weighted by molar-refractivity contribution is 7.85. The number of rotatable bonds is 6. The summed E-state index contributed by atoms with van der Waals surface area (Å²) in [4.78, 5) is 0. The van der Waals surface area contributed by atoms with Crippen molar-refractivity contribution in [2.24, 2.45) is 5.41 Å². The third-order valence-corrected chi connectivity index (χ3v) is 5.64. The Bertz CT molecular complexity index is 240. The minimum Gasteiger partial charge on any atom is -0.312 e. The molecule has 0 aromatic carbocycles.